The van der Waals surface area contributed by atoms with Crippen LogP contribution in [-0.2, 0) is 6.42 Å². The normalized spacial score (nSPS) is 10.2. The second kappa shape index (κ2) is 5.95. The van der Waals surface area contributed by atoms with E-state index < -0.39 is 0 Å². The zero-order valence-corrected chi connectivity index (χ0v) is 10.8. The molecule has 0 aliphatic rings. The first-order chi connectivity index (χ1) is 9.15. The van der Waals surface area contributed by atoms with Crippen LogP contribution in [0.15, 0.2) is 36.5 Å². The first kappa shape index (κ1) is 13.0. The van der Waals surface area contributed by atoms with E-state index in [0.717, 1.165) is 11.4 Å². The Morgan fingerprint density at radius 2 is 2.21 bits per heavy atom. The predicted octanol–water partition coefficient (Wildman–Crippen LogP) is 1.69. The summed E-state index contributed by atoms with van der Waals surface area (Å²) in [5.41, 5.74) is 7.84. The van der Waals surface area contributed by atoms with Gasteiger partial charge in [0, 0.05) is 35.6 Å². The highest BCUT2D eigenvalue weighted by atomic mass is 16.5. The van der Waals surface area contributed by atoms with E-state index in [0.29, 0.717) is 24.5 Å². The summed E-state index contributed by atoms with van der Waals surface area (Å²) >= 11 is 0. The molecule has 2 aromatic rings. The molecule has 0 aliphatic carbocycles. The molecule has 0 aromatic carbocycles. The van der Waals surface area contributed by atoms with E-state index in [2.05, 4.69) is 9.97 Å². The van der Waals surface area contributed by atoms with Crippen LogP contribution in [0.4, 0.5) is 0 Å². The van der Waals surface area contributed by atoms with Crippen LogP contribution in [0.2, 0.25) is 0 Å². The molecular formula is C14H16N4O. The van der Waals surface area contributed by atoms with Gasteiger partial charge in [-0.15, -0.1) is 0 Å². The number of nitrogen functional groups attached to an aromatic ring is 1. The Morgan fingerprint density at radius 1 is 1.37 bits per heavy atom. The van der Waals surface area contributed by atoms with E-state index >= 15 is 0 Å². The number of rotatable bonds is 5. The van der Waals surface area contributed by atoms with Crippen molar-refractivity contribution >= 4 is 5.84 Å². The molecule has 0 unspecified atom stereocenters. The first-order valence-corrected chi connectivity index (χ1v) is 6.01. The maximum Gasteiger partial charge on any atom is 0.214 e. The summed E-state index contributed by atoms with van der Waals surface area (Å²) < 4.78 is 5.58. The highest BCUT2D eigenvalue weighted by Crippen LogP contribution is 2.12. The van der Waals surface area contributed by atoms with Crippen molar-refractivity contribution < 1.29 is 4.74 Å². The van der Waals surface area contributed by atoms with E-state index in [4.69, 9.17) is 15.9 Å². The molecule has 0 aliphatic heterocycles. The van der Waals surface area contributed by atoms with Crippen molar-refractivity contribution in [3.63, 3.8) is 0 Å². The summed E-state index contributed by atoms with van der Waals surface area (Å²) in [6.07, 6.45) is 2.47. The standard InChI is InChI=1S/C14H16N4O/c1-10-8-11(14(15)16)9-13(18-10)19-7-5-12-4-2-3-6-17-12/h2-4,6,8-9H,5,7H2,1H3,(H3,15,16). The Labute approximate surface area is 112 Å². The van der Waals surface area contributed by atoms with Crippen LogP contribution in [0.3, 0.4) is 0 Å². The number of nitrogens with two attached hydrogens (primary N) is 1. The molecule has 3 N–H and O–H groups in total. The molecule has 0 saturated carbocycles. The van der Waals surface area contributed by atoms with Crippen LogP contribution < -0.4 is 10.5 Å². The third-order valence-electron chi connectivity index (χ3n) is 2.58. The molecule has 2 rings (SSSR count). The van der Waals surface area contributed by atoms with Gasteiger partial charge in [-0.3, -0.25) is 10.4 Å². The summed E-state index contributed by atoms with van der Waals surface area (Å²) in [4.78, 5) is 8.47. The van der Waals surface area contributed by atoms with Gasteiger partial charge in [-0.25, -0.2) is 4.98 Å². The van der Waals surface area contributed by atoms with Crippen molar-refractivity contribution in [1.29, 1.82) is 5.41 Å². The van der Waals surface area contributed by atoms with Crippen LogP contribution in [0.5, 0.6) is 5.88 Å². The lowest BCUT2D eigenvalue weighted by atomic mass is 10.2. The molecule has 2 aromatic heterocycles. The molecule has 0 bridgehead atoms. The van der Waals surface area contributed by atoms with Crippen molar-refractivity contribution in [2.24, 2.45) is 5.73 Å². The van der Waals surface area contributed by atoms with E-state index in [1.54, 1.807) is 18.3 Å². The summed E-state index contributed by atoms with van der Waals surface area (Å²) in [7, 11) is 0. The van der Waals surface area contributed by atoms with Crippen LogP contribution >= 0.6 is 0 Å². The van der Waals surface area contributed by atoms with E-state index in [-0.39, 0.29) is 5.84 Å². The van der Waals surface area contributed by atoms with Crippen molar-refractivity contribution in [2.75, 3.05) is 6.61 Å². The molecule has 19 heavy (non-hydrogen) atoms. The number of hydrogen-bond donors (Lipinski definition) is 2. The van der Waals surface area contributed by atoms with Gasteiger partial charge >= 0.3 is 0 Å². The summed E-state index contributed by atoms with van der Waals surface area (Å²) in [6.45, 7) is 2.34. The van der Waals surface area contributed by atoms with Gasteiger partial charge in [0.1, 0.15) is 5.84 Å². The monoisotopic (exact) mass is 256 g/mol. The molecule has 0 radical (unpaired) electrons. The largest absolute Gasteiger partial charge is 0.477 e. The van der Waals surface area contributed by atoms with Gasteiger partial charge in [0.25, 0.3) is 0 Å². The number of hydrogen-bond acceptors (Lipinski definition) is 4. The zero-order valence-electron chi connectivity index (χ0n) is 10.8. The Kier molecular flexibility index (Phi) is 4.07. The van der Waals surface area contributed by atoms with Crippen molar-refractivity contribution in [1.82, 2.24) is 9.97 Å². The van der Waals surface area contributed by atoms with E-state index in [1.807, 2.05) is 25.1 Å². The smallest absolute Gasteiger partial charge is 0.214 e. The van der Waals surface area contributed by atoms with Crippen LogP contribution in [0.25, 0.3) is 0 Å². The van der Waals surface area contributed by atoms with Gasteiger partial charge in [0.2, 0.25) is 5.88 Å². The lowest BCUT2D eigenvalue weighted by molar-refractivity contribution is 0.307. The lowest BCUT2D eigenvalue weighted by Crippen LogP contribution is -2.12. The maximum absolute atomic E-state index is 7.42. The van der Waals surface area contributed by atoms with Crippen molar-refractivity contribution in [3.8, 4) is 5.88 Å². The zero-order chi connectivity index (χ0) is 13.7. The lowest BCUT2D eigenvalue weighted by Gasteiger charge is -2.07. The molecule has 2 heterocycles. The Morgan fingerprint density at radius 3 is 2.89 bits per heavy atom. The molecule has 0 spiro atoms. The predicted molar refractivity (Wildman–Crippen MR) is 73.4 cm³/mol. The average molecular weight is 256 g/mol. The minimum Gasteiger partial charge on any atom is -0.477 e. The maximum atomic E-state index is 7.42. The number of aromatic nitrogens is 2. The third kappa shape index (κ3) is 3.77. The topological polar surface area (TPSA) is 84.9 Å². The Bertz CT molecular complexity index is 569. The Balaban J connectivity index is 1.98. The average Bonchev–Trinajstić information content (AvgIpc) is 2.39. The summed E-state index contributed by atoms with van der Waals surface area (Å²) in [5.74, 6) is 0.501. The molecule has 98 valence electrons. The van der Waals surface area contributed by atoms with Crippen LogP contribution in [0, 0.1) is 12.3 Å². The number of ether oxygens (including phenoxy) is 1. The van der Waals surface area contributed by atoms with Crippen LogP contribution in [0.1, 0.15) is 17.0 Å². The van der Waals surface area contributed by atoms with E-state index in [9.17, 15) is 0 Å². The van der Waals surface area contributed by atoms with Gasteiger partial charge in [0.05, 0.1) is 6.61 Å². The van der Waals surface area contributed by atoms with Gasteiger partial charge in [-0.05, 0) is 25.1 Å². The van der Waals surface area contributed by atoms with Gasteiger partial charge < -0.3 is 10.5 Å². The van der Waals surface area contributed by atoms with Gasteiger partial charge in [0.15, 0.2) is 0 Å². The van der Waals surface area contributed by atoms with Gasteiger partial charge in [-0.2, -0.15) is 0 Å². The molecule has 0 saturated heterocycles. The fourth-order valence-corrected chi connectivity index (χ4v) is 1.67. The summed E-state index contributed by atoms with van der Waals surface area (Å²) in [6, 6.07) is 9.21. The highest BCUT2D eigenvalue weighted by Gasteiger charge is 2.04. The van der Waals surface area contributed by atoms with E-state index in [1.165, 1.54) is 0 Å². The second-order valence-electron chi connectivity index (χ2n) is 4.17. The number of pyridine rings is 2. The van der Waals surface area contributed by atoms with Crippen LogP contribution in [-0.4, -0.2) is 22.4 Å². The van der Waals surface area contributed by atoms with Crippen molar-refractivity contribution in [2.45, 2.75) is 13.3 Å². The number of nitrogens with one attached hydrogen (secondary N) is 1. The number of aryl methyl sites for hydroxylation is 1. The molecule has 5 nitrogen and oxygen atoms in total. The minimum atomic E-state index is 0.0140. The fourth-order valence-electron chi connectivity index (χ4n) is 1.67. The second-order valence-corrected chi connectivity index (χ2v) is 4.17. The minimum absolute atomic E-state index is 0.0140. The molecular weight excluding hydrogens is 240 g/mol. The number of nitrogens with zero attached hydrogens (tertiary/aromatic N) is 2. The molecule has 0 amide bonds. The van der Waals surface area contributed by atoms with Gasteiger partial charge in [-0.1, -0.05) is 6.07 Å². The fraction of sp³-hybridized carbons (Fsp3) is 0.214. The highest BCUT2D eigenvalue weighted by molar-refractivity contribution is 5.95. The SMILES string of the molecule is Cc1cc(C(=N)N)cc(OCCc2ccccn2)n1. The quantitative estimate of drug-likeness (QED) is 0.629. The molecule has 0 fully saturated rings. The van der Waals surface area contributed by atoms with Crippen molar-refractivity contribution in [3.05, 3.63) is 53.5 Å². The number of amidine groups is 1. The third-order valence-corrected chi connectivity index (χ3v) is 2.58. The molecule has 5 heteroatoms. The molecule has 0 atom stereocenters. The Hall–Kier alpha value is -2.43. The summed E-state index contributed by atoms with van der Waals surface area (Å²) in [5, 5.41) is 7.42. The first-order valence-electron chi connectivity index (χ1n) is 6.01.